The molecule has 0 radical (unpaired) electrons. The average molecular weight is 423 g/mol. The fraction of sp³-hybridized carbons (Fsp3) is 0.440. The highest BCUT2D eigenvalue weighted by atomic mass is 16.3. The van der Waals surface area contributed by atoms with Crippen molar-refractivity contribution < 1.29 is 19.1 Å². The van der Waals surface area contributed by atoms with Crippen LogP contribution in [0.3, 0.4) is 0 Å². The number of hydrogen-bond donors (Lipinski definition) is 2. The van der Waals surface area contributed by atoms with Gasteiger partial charge in [0, 0.05) is 11.9 Å². The number of ketones is 1. The summed E-state index contributed by atoms with van der Waals surface area (Å²) < 4.78 is 6.49. The van der Waals surface area contributed by atoms with Gasteiger partial charge in [0.25, 0.3) is 0 Å². The summed E-state index contributed by atoms with van der Waals surface area (Å²) in [5, 5.41) is 14.4. The van der Waals surface area contributed by atoms with E-state index in [0.717, 1.165) is 18.4 Å². The summed E-state index contributed by atoms with van der Waals surface area (Å²) in [6.07, 6.45) is 8.58. The van der Waals surface area contributed by atoms with Crippen LogP contribution in [0.15, 0.2) is 41.0 Å². The molecular weight excluding hydrogens is 392 g/mol. The number of carbonyl (C=O) groups excluding carboxylic acids is 2. The summed E-state index contributed by atoms with van der Waals surface area (Å²) in [5.74, 6) is 0.0473. The highest BCUT2D eigenvalue weighted by Gasteiger charge is 2.28. The van der Waals surface area contributed by atoms with Crippen molar-refractivity contribution in [2.45, 2.75) is 58.3 Å². The Morgan fingerprint density at radius 2 is 1.90 bits per heavy atom. The number of hydrogen-bond acceptors (Lipinski definition) is 4. The molecule has 1 saturated carbocycles. The lowest BCUT2D eigenvalue weighted by Gasteiger charge is -2.15. The molecule has 0 spiro atoms. The minimum atomic E-state index is -0.447. The van der Waals surface area contributed by atoms with Crippen LogP contribution in [0, 0.1) is 5.92 Å². The summed E-state index contributed by atoms with van der Waals surface area (Å²) >= 11 is 0. The molecule has 1 fully saturated rings. The van der Waals surface area contributed by atoms with E-state index in [4.69, 9.17) is 4.42 Å². The summed E-state index contributed by atoms with van der Waals surface area (Å²) in [6, 6.07) is 8.62. The lowest BCUT2D eigenvalue weighted by atomic mass is 9.90. The Kier molecular flexibility index (Phi) is 6.16. The van der Waals surface area contributed by atoms with Gasteiger partial charge in [-0.1, -0.05) is 45.6 Å². The molecule has 2 heterocycles. The first-order valence-electron chi connectivity index (χ1n) is 11.2. The SMILES string of the molecule is CC(C)CNC(=O)n1c(O)c(C(=O)c2ccco2)c2cc(C3CCCCCC3)ccc21. The zero-order valence-corrected chi connectivity index (χ0v) is 18.2. The van der Waals surface area contributed by atoms with E-state index in [2.05, 4.69) is 5.32 Å². The Bertz CT molecular complexity index is 1070. The van der Waals surface area contributed by atoms with Crippen molar-refractivity contribution in [1.82, 2.24) is 9.88 Å². The lowest BCUT2D eigenvalue weighted by molar-refractivity contribution is 0.101. The number of nitrogens with one attached hydrogen (secondary N) is 1. The van der Waals surface area contributed by atoms with E-state index < -0.39 is 11.8 Å². The van der Waals surface area contributed by atoms with Crippen LogP contribution >= 0.6 is 0 Å². The first-order chi connectivity index (χ1) is 15.0. The third-order valence-corrected chi connectivity index (χ3v) is 6.13. The molecule has 0 saturated heterocycles. The summed E-state index contributed by atoms with van der Waals surface area (Å²) in [4.78, 5) is 26.1. The van der Waals surface area contributed by atoms with Crippen molar-refractivity contribution in [3.05, 3.63) is 53.5 Å². The average Bonchev–Trinajstić information content (AvgIpc) is 3.28. The Labute approximate surface area is 182 Å². The molecule has 6 heteroatoms. The largest absolute Gasteiger partial charge is 0.494 e. The topological polar surface area (TPSA) is 84.5 Å². The second-order valence-electron chi connectivity index (χ2n) is 8.89. The zero-order valence-electron chi connectivity index (χ0n) is 18.2. The fourth-order valence-corrected chi connectivity index (χ4v) is 4.49. The molecule has 3 aromatic rings. The summed E-state index contributed by atoms with van der Waals surface area (Å²) in [6.45, 7) is 4.47. The maximum atomic E-state index is 13.2. The molecule has 1 aliphatic carbocycles. The van der Waals surface area contributed by atoms with E-state index in [1.807, 2.05) is 32.0 Å². The summed E-state index contributed by atoms with van der Waals surface area (Å²) in [7, 11) is 0. The molecule has 31 heavy (non-hydrogen) atoms. The maximum absolute atomic E-state index is 13.2. The molecule has 6 nitrogen and oxygen atoms in total. The number of carbonyl (C=O) groups is 2. The molecule has 0 atom stereocenters. The first-order valence-corrected chi connectivity index (χ1v) is 11.2. The van der Waals surface area contributed by atoms with Crippen LogP contribution in [-0.2, 0) is 0 Å². The molecule has 0 unspecified atom stereocenters. The third-order valence-electron chi connectivity index (χ3n) is 6.13. The number of furan rings is 1. The molecule has 4 rings (SSSR count). The predicted octanol–water partition coefficient (Wildman–Crippen LogP) is 5.82. The van der Waals surface area contributed by atoms with Gasteiger partial charge in [-0.25, -0.2) is 9.36 Å². The number of fused-ring (bicyclic) bond motifs is 1. The van der Waals surface area contributed by atoms with Gasteiger partial charge in [0.05, 0.1) is 17.3 Å². The van der Waals surface area contributed by atoms with Crippen LogP contribution in [0.1, 0.15) is 80.0 Å². The summed E-state index contributed by atoms with van der Waals surface area (Å²) in [5.41, 5.74) is 1.79. The Morgan fingerprint density at radius 3 is 2.55 bits per heavy atom. The van der Waals surface area contributed by atoms with Crippen molar-refractivity contribution in [3.63, 3.8) is 0 Å². The second kappa shape index (κ2) is 9.00. The van der Waals surface area contributed by atoms with E-state index in [0.29, 0.717) is 23.4 Å². The normalized spacial score (nSPS) is 15.3. The highest BCUT2D eigenvalue weighted by molar-refractivity contribution is 6.18. The maximum Gasteiger partial charge on any atom is 0.328 e. The van der Waals surface area contributed by atoms with Crippen LogP contribution in [0.4, 0.5) is 4.79 Å². The second-order valence-corrected chi connectivity index (χ2v) is 8.89. The van der Waals surface area contributed by atoms with Crippen molar-refractivity contribution in [1.29, 1.82) is 0 Å². The standard InChI is InChI=1S/C25H30N2O4/c1-16(2)15-26-25(30)27-20-12-11-18(17-8-5-3-4-6-9-17)14-19(20)22(24(27)29)23(28)21-10-7-13-31-21/h7,10-14,16-17,29H,3-6,8-9,15H2,1-2H3,(H,26,30). The van der Waals surface area contributed by atoms with Gasteiger partial charge in [0.2, 0.25) is 11.7 Å². The third kappa shape index (κ3) is 4.24. The number of rotatable bonds is 5. The molecule has 2 aromatic heterocycles. The van der Waals surface area contributed by atoms with Gasteiger partial charge in [-0.3, -0.25) is 4.79 Å². The number of aromatic nitrogens is 1. The van der Waals surface area contributed by atoms with Crippen LogP contribution in [0.2, 0.25) is 0 Å². The van der Waals surface area contributed by atoms with Gasteiger partial charge in [-0.15, -0.1) is 0 Å². The van der Waals surface area contributed by atoms with Gasteiger partial charge >= 0.3 is 6.03 Å². The zero-order chi connectivity index (χ0) is 22.0. The predicted molar refractivity (Wildman–Crippen MR) is 120 cm³/mol. The number of amides is 1. The van der Waals surface area contributed by atoms with E-state index in [9.17, 15) is 14.7 Å². The first kappa shape index (κ1) is 21.2. The minimum absolute atomic E-state index is 0.111. The minimum Gasteiger partial charge on any atom is -0.494 e. The Balaban J connectivity index is 1.83. The van der Waals surface area contributed by atoms with Gasteiger partial charge in [0.15, 0.2) is 5.76 Å². The van der Waals surface area contributed by atoms with Gasteiger partial charge in [-0.05, 0) is 54.5 Å². The van der Waals surface area contributed by atoms with Crippen LogP contribution in [0.25, 0.3) is 10.9 Å². The molecule has 1 amide bonds. The van der Waals surface area contributed by atoms with Crippen molar-refractivity contribution in [2.75, 3.05) is 6.54 Å². The Morgan fingerprint density at radius 1 is 1.16 bits per heavy atom. The van der Waals surface area contributed by atoms with E-state index in [1.165, 1.54) is 36.5 Å². The lowest BCUT2D eigenvalue weighted by Crippen LogP contribution is -2.31. The molecule has 0 aliphatic heterocycles. The monoisotopic (exact) mass is 422 g/mol. The molecule has 164 valence electrons. The number of benzene rings is 1. The van der Waals surface area contributed by atoms with Crippen molar-refractivity contribution in [3.8, 4) is 5.88 Å². The quantitative estimate of drug-likeness (QED) is 0.401. The molecule has 2 N–H and O–H groups in total. The number of aromatic hydroxyl groups is 1. The van der Waals surface area contributed by atoms with Crippen molar-refractivity contribution in [2.24, 2.45) is 5.92 Å². The molecule has 1 aromatic carbocycles. The van der Waals surface area contributed by atoms with Gasteiger partial charge in [0.1, 0.15) is 0 Å². The molecule has 0 bridgehead atoms. The van der Waals surface area contributed by atoms with Crippen LogP contribution in [-0.4, -0.2) is 28.0 Å². The molecular formula is C25H30N2O4. The van der Waals surface area contributed by atoms with Gasteiger partial charge < -0.3 is 14.8 Å². The van der Waals surface area contributed by atoms with Crippen molar-refractivity contribution >= 4 is 22.7 Å². The van der Waals surface area contributed by atoms with E-state index in [-0.39, 0.29) is 23.1 Å². The smallest absolute Gasteiger partial charge is 0.328 e. The van der Waals surface area contributed by atoms with E-state index >= 15 is 0 Å². The van der Waals surface area contributed by atoms with E-state index in [1.54, 1.807) is 12.1 Å². The Hall–Kier alpha value is -3.02. The number of nitrogens with zero attached hydrogens (tertiary/aromatic N) is 1. The fourth-order valence-electron chi connectivity index (χ4n) is 4.49. The highest BCUT2D eigenvalue weighted by Crippen LogP contribution is 2.38. The molecule has 1 aliphatic rings. The van der Waals surface area contributed by atoms with Crippen LogP contribution in [0.5, 0.6) is 5.88 Å². The van der Waals surface area contributed by atoms with Gasteiger partial charge in [-0.2, -0.15) is 0 Å². The van der Waals surface area contributed by atoms with Crippen LogP contribution < -0.4 is 5.32 Å².